The minimum absolute atomic E-state index is 0.0286. The molecule has 1 saturated heterocycles. The number of hydrogen-bond donors (Lipinski definition) is 2. The Morgan fingerprint density at radius 2 is 1.82 bits per heavy atom. The molecule has 3 aliphatic rings. The van der Waals surface area contributed by atoms with E-state index in [9.17, 15) is 14.4 Å². The van der Waals surface area contributed by atoms with Crippen LogP contribution in [0.5, 0.6) is 17.2 Å². The van der Waals surface area contributed by atoms with E-state index in [2.05, 4.69) is 15.5 Å². The highest BCUT2D eigenvalue weighted by molar-refractivity contribution is 6.06. The maximum atomic E-state index is 13.5. The first-order chi connectivity index (χ1) is 19.3. The van der Waals surface area contributed by atoms with Gasteiger partial charge in [0.2, 0.25) is 12.7 Å². The molecule has 11 heteroatoms. The second kappa shape index (κ2) is 12.1. The van der Waals surface area contributed by atoms with Crippen molar-refractivity contribution in [3.05, 3.63) is 47.5 Å². The summed E-state index contributed by atoms with van der Waals surface area (Å²) in [6.07, 6.45) is 1.96. The second-order valence-corrected chi connectivity index (χ2v) is 10.6. The smallest absolute Gasteiger partial charge is 0.257 e. The predicted octanol–water partition coefficient (Wildman–Crippen LogP) is 2.51. The Balaban J connectivity index is 1.21. The molecule has 214 valence electrons. The number of anilines is 1. The van der Waals surface area contributed by atoms with Crippen LogP contribution in [0, 0.1) is 0 Å². The molecule has 3 heterocycles. The van der Waals surface area contributed by atoms with Gasteiger partial charge in [0.1, 0.15) is 18.5 Å². The minimum Gasteiger partial charge on any atom is -0.490 e. The van der Waals surface area contributed by atoms with E-state index >= 15 is 0 Å². The standard InChI is InChI=1S/C29H36N4O7/c1-32(2)12-4-11-30-27(34)15-20-7-8-22-26(40-20)16-37-23-10-6-19(14-21(23)29(36)33(22)3)31-28(35)18-5-9-24-25(13-18)39-17-38-24/h5-6,9-10,13-14,20,22,26H,4,7-8,11-12,15-17H2,1-3H3,(H,30,34)(H,31,35)/t20-,22-,26+/m1/s1. The number of nitrogens with zero attached hydrogens (tertiary/aromatic N) is 2. The molecule has 3 amide bonds. The van der Waals surface area contributed by atoms with Gasteiger partial charge in [0.05, 0.1) is 24.1 Å². The fraction of sp³-hybridized carbons (Fsp3) is 0.483. The molecule has 0 unspecified atom stereocenters. The molecule has 3 atom stereocenters. The maximum absolute atomic E-state index is 13.5. The zero-order valence-corrected chi connectivity index (χ0v) is 23.1. The average molecular weight is 553 g/mol. The Morgan fingerprint density at radius 1 is 1.02 bits per heavy atom. The minimum atomic E-state index is -0.354. The largest absolute Gasteiger partial charge is 0.490 e. The lowest BCUT2D eigenvalue weighted by Crippen LogP contribution is -2.54. The number of benzene rings is 2. The summed E-state index contributed by atoms with van der Waals surface area (Å²) in [7, 11) is 5.77. The maximum Gasteiger partial charge on any atom is 0.257 e. The highest BCUT2D eigenvalue weighted by atomic mass is 16.7. The van der Waals surface area contributed by atoms with Crippen LogP contribution < -0.4 is 24.8 Å². The van der Waals surface area contributed by atoms with Crippen molar-refractivity contribution in [2.45, 2.75) is 43.9 Å². The van der Waals surface area contributed by atoms with Gasteiger partial charge < -0.3 is 39.4 Å². The molecule has 2 aromatic rings. The van der Waals surface area contributed by atoms with E-state index in [0.717, 1.165) is 13.0 Å². The van der Waals surface area contributed by atoms with Crippen molar-refractivity contribution in [2.75, 3.05) is 52.9 Å². The van der Waals surface area contributed by atoms with Crippen LogP contribution in [0.25, 0.3) is 0 Å². The van der Waals surface area contributed by atoms with Crippen molar-refractivity contribution >= 4 is 23.4 Å². The molecule has 0 spiro atoms. The van der Waals surface area contributed by atoms with Gasteiger partial charge in [-0.3, -0.25) is 14.4 Å². The van der Waals surface area contributed by atoms with E-state index < -0.39 is 0 Å². The summed E-state index contributed by atoms with van der Waals surface area (Å²) < 4.78 is 23.0. The third-order valence-electron chi connectivity index (χ3n) is 7.42. The number of rotatable bonds is 8. The van der Waals surface area contributed by atoms with Gasteiger partial charge >= 0.3 is 0 Å². The highest BCUT2D eigenvalue weighted by Gasteiger charge is 2.39. The van der Waals surface area contributed by atoms with Crippen LogP contribution in [0.3, 0.4) is 0 Å². The average Bonchev–Trinajstić information content (AvgIpc) is 3.41. The summed E-state index contributed by atoms with van der Waals surface area (Å²) in [6, 6.07) is 9.79. The lowest BCUT2D eigenvalue weighted by Gasteiger charge is -2.42. The number of amides is 3. The van der Waals surface area contributed by atoms with Gasteiger partial charge in [0.25, 0.3) is 11.8 Å². The molecule has 0 aliphatic carbocycles. The Labute approximate surface area is 233 Å². The molecule has 1 fully saturated rings. The summed E-state index contributed by atoms with van der Waals surface area (Å²) in [5.74, 6) is 0.950. The topological polar surface area (TPSA) is 119 Å². The lowest BCUT2D eigenvalue weighted by molar-refractivity contribution is -0.134. The Bertz CT molecular complexity index is 1270. The van der Waals surface area contributed by atoms with Gasteiger partial charge in [0.15, 0.2) is 11.5 Å². The Hall–Kier alpha value is -3.83. The van der Waals surface area contributed by atoms with E-state index in [1.54, 1.807) is 48.3 Å². The highest BCUT2D eigenvalue weighted by Crippen LogP contribution is 2.34. The third-order valence-corrected chi connectivity index (χ3v) is 7.42. The molecule has 0 radical (unpaired) electrons. The predicted molar refractivity (Wildman–Crippen MR) is 147 cm³/mol. The van der Waals surface area contributed by atoms with E-state index in [1.807, 2.05) is 14.1 Å². The first-order valence-electron chi connectivity index (χ1n) is 13.6. The normalized spacial score (nSPS) is 21.6. The first kappa shape index (κ1) is 27.7. The number of hydrogen-bond acceptors (Lipinski definition) is 8. The van der Waals surface area contributed by atoms with Crippen molar-refractivity contribution in [1.29, 1.82) is 0 Å². The molecule has 2 aromatic carbocycles. The number of fused-ring (bicyclic) bond motifs is 3. The molecule has 40 heavy (non-hydrogen) atoms. The van der Waals surface area contributed by atoms with Crippen LogP contribution in [0.15, 0.2) is 36.4 Å². The van der Waals surface area contributed by atoms with E-state index in [0.29, 0.717) is 53.4 Å². The van der Waals surface area contributed by atoms with Crippen molar-refractivity contribution < 1.29 is 33.3 Å². The van der Waals surface area contributed by atoms with Gasteiger partial charge in [-0.2, -0.15) is 0 Å². The van der Waals surface area contributed by atoms with Crippen molar-refractivity contribution in [3.8, 4) is 17.2 Å². The van der Waals surface area contributed by atoms with Crippen LogP contribution in [0.1, 0.15) is 46.4 Å². The molecule has 0 bridgehead atoms. The number of carbonyl (C=O) groups excluding carboxylic acids is 3. The SMILES string of the molecule is CN(C)CCCNC(=O)C[C@H]1CC[C@@H]2[C@H](COc3ccc(NC(=O)c4ccc5c(c4)OCO5)cc3C(=O)N2C)O1. The quantitative estimate of drug-likeness (QED) is 0.480. The van der Waals surface area contributed by atoms with E-state index in [-0.39, 0.29) is 55.8 Å². The van der Waals surface area contributed by atoms with Crippen LogP contribution >= 0.6 is 0 Å². The number of ether oxygens (including phenoxy) is 4. The molecule has 5 rings (SSSR count). The summed E-state index contributed by atoms with van der Waals surface area (Å²) in [6.45, 7) is 1.92. The summed E-state index contributed by atoms with van der Waals surface area (Å²) in [5, 5.41) is 5.81. The Morgan fingerprint density at radius 3 is 2.65 bits per heavy atom. The number of carbonyl (C=O) groups is 3. The zero-order chi connectivity index (χ0) is 28.2. The molecule has 0 aromatic heterocycles. The second-order valence-electron chi connectivity index (χ2n) is 10.6. The zero-order valence-electron chi connectivity index (χ0n) is 23.1. The van der Waals surface area contributed by atoms with Gasteiger partial charge in [-0.05, 0) is 76.3 Å². The summed E-state index contributed by atoms with van der Waals surface area (Å²) in [4.78, 5) is 42.6. The molecule has 2 N–H and O–H groups in total. The molecular formula is C29H36N4O7. The summed E-state index contributed by atoms with van der Waals surface area (Å²) >= 11 is 0. The van der Waals surface area contributed by atoms with E-state index in [1.165, 1.54) is 0 Å². The molecular weight excluding hydrogens is 516 g/mol. The van der Waals surface area contributed by atoms with Gasteiger partial charge in [-0.1, -0.05) is 0 Å². The summed E-state index contributed by atoms with van der Waals surface area (Å²) in [5.41, 5.74) is 1.25. The fourth-order valence-corrected chi connectivity index (χ4v) is 5.25. The Kier molecular flexibility index (Phi) is 8.41. The van der Waals surface area contributed by atoms with Crippen LogP contribution in [-0.2, 0) is 9.53 Å². The van der Waals surface area contributed by atoms with Gasteiger partial charge in [-0.25, -0.2) is 0 Å². The number of nitrogens with one attached hydrogen (secondary N) is 2. The van der Waals surface area contributed by atoms with Crippen LogP contribution in [-0.4, -0.2) is 93.4 Å². The first-order valence-corrected chi connectivity index (χ1v) is 13.6. The van der Waals surface area contributed by atoms with Crippen LogP contribution in [0.4, 0.5) is 5.69 Å². The van der Waals surface area contributed by atoms with Crippen molar-refractivity contribution in [3.63, 3.8) is 0 Å². The third kappa shape index (κ3) is 6.31. The molecule has 11 nitrogen and oxygen atoms in total. The fourth-order valence-electron chi connectivity index (χ4n) is 5.25. The monoisotopic (exact) mass is 552 g/mol. The molecule has 0 saturated carbocycles. The van der Waals surface area contributed by atoms with E-state index in [4.69, 9.17) is 18.9 Å². The van der Waals surface area contributed by atoms with Crippen LogP contribution in [0.2, 0.25) is 0 Å². The van der Waals surface area contributed by atoms with Gasteiger partial charge in [-0.15, -0.1) is 0 Å². The van der Waals surface area contributed by atoms with Crippen molar-refractivity contribution in [1.82, 2.24) is 15.1 Å². The lowest BCUT2D eigenvalue weighted by atomic mass is 9.94. The van der Waals surface area contributed by atoms with Crippen molar-refractivity contribution in [2.24, 2.45) is 0 Å². The molecule has 3 aliphatic heterocycles. The number of likely N-dealkylation sites (N-methyl/N-ethyl adjacent to an activating group) is 1. The van der Waals surface area contributed by atoms with Gasteiger partial charge in [0, 0.05) is 24.8 Å².